The van der Waals surface area contributed by atoms with E-state index in [-0.39, 0.29) is 5.92 Å². The van der Waals surface area contributed by atoms with Gasteiger partial charge in [0.1, 0.15) is 12.1 Å². The minimum Gasteiger partial charge on any atom is -0.480 e. The SMILES string of the molecule is CSCC[C@H](NC(=O)[C@@H](N)CCCCN)C(=O)N[C@@H](CC(C)C)C(=O)O. The summed E-state index contributed by atoms with van der Waals surface area (Å²) in [5.74, 6) is -1.21. The molecular formula is C17H34N4O4S. The maximum absolute atomic E-state index is 12.5. The van der Waals surface area contributed by atoms with Gasteiger partial charge in [0, 0.05) is 0 Å². The first-order valence-electron chi connectivity index (χ1n) is 9.01. The van der Waals surface area contributed by atoms with Crippen LogP contribution in [0, 0.1) is 5.92 Å². The second-order valence-corrected chi connectivity index (χ2v) is 7.75. The van der Waals surface area contributed by atoms with Crippen LogP contribution >= 0.6 is 11.8 Å². The Morgan fingerprint density at radius 2 is 1.65 bits per heavy atom. The number of rotatable bonds is 14. The Labute approximate surface area is 160 Å². The van der Waals surface area contributed by atoms with Crippen LogP contribution in [0.25, 0.3) is 0 Å². The van der Waals surface area contributed by atoms with Crippen molar-refractivity contribution in [3.8, 4) is 0 Å². The number of carbonyl (C=O) groups is 3. The number of hydrogen-bond donors (Lipinski definition) is 5. The Kier molecular flexibility index (Phi) is 13.1. The zero-order valence-corrected chi connectivity index (χ0v) is 16.8. The zero-order chi connectivity index (χ0) is 20.1. The molecule has 2 amide bonds. The van der Waals surface area contributed by atoms with Crippen molar-refractivity contribution in [2.24, 2.45) is 17.4 Å². The summed E-state index contributed by atoms with van der Waals surface area (Å²) >= 11 is 1.54. The lowest BCUT2D eigenvalue weighted by atomic mass is 10.0. The zero-order valence-electron chi connectivity index (χ0n) is 16.0. The van der Waals surface area contributed by atoms with E-state index in [9.17, 15) is 19.5 Å². The molecule has 0 aromatic heterocycles. The first-order valence-corrected chi connectivity index (χ1v) is 10.4. The quantitative estimate of drug-likeness (QED) is 0.268. The molecule has 0 aromatic carbocycles. The Hall–Kier alpha value is -1.32. The van der Waals surface area contributed by atoms with Crippen molar-refractivity contribution in [1.82, 2.24) is 10.6 Å². The van der Waals surface area contributed by atoms with Gasteiger partial charge in [-0.2, -0.15) is 11.8 Å². The van der Waals surface area contributed by atoms with Gasteiger partial charge in [0.2, 0.25) is 11.8 Å². The van der Waals surface area contributed by atoms with Crippen molar-refractivity contribution in [2.45, 2.75) is 64.1 Å². The van der Waals surface area contributed by atoms with E-state index in [2.05, 4.69) is 10.6 Å². The normalized spacial score (nSPS) is 14.5. The molecule has 0 heterocycles. The summed E-state index contributed by atoms with van der Waals surface area (Å²) in [5, 5.41) is 14.5. The van der Waals surface area contributed by atoms with Gasteiger partial charge in [-0.15, -0.1) is 0 Å². The third-order valence-electron chi connectivity index (χ3n) is 3.87. The van der Waals surface area contributed by atoms with Gasteiger partial charge in [-0.25, -0.2) is 4.79 Å². The number of hydrogen-bond acceptors (Lipinski definition) is 6. The molecule has 26 heavy (non-hydrogen) atoms. The fourth-order valence-electron chi connectivity index (χ4n) is 2.39. The summed E-state index contributed by atoms with van der Waals surface area (Å²) in [4.78, 5) is 36.1. The van der Waals surface area contributed by atoms with Gasteiger partial charge >= 0.3 is 5.97 Å². The number of nitrogens with one attached hydrogen (secondary N) is 2. The Morgan fingerprint density at radius 3 is 2.15 bits per heavy atom. The lowest BCUT2D eigenvalue weighted by molar-refractivity contribution is -0.142. The van der Waals surface area contributed by atoms with Crippen LogP contribution < -0.4 is 22.1 Å². The van der Waals surface area contributed by atoms with E-state index in [0.717, 1.165) is 12.8 Å². The summed E-state index contributed by atoms with van der Waals surface area (Å²) in [6, 6.07) is -2.49. The number of aliphatic carboxylic acids is 1. The van der Waals surface area contributed by atoms with Crippen LogP contribution in [-0.4, -0.2) is 59.6 Å². The predicted octanol–water partition coefficient (Wildman–Crippen LogP) is 0.296. The molecule has 9 heteroatoms. The smallest absolute Gasteiger partial charge is 0.326 e. The van der Waals surface area contributed by atoms with Gasteiger partial charge in [-0.1, -0.05) is 20.3 Å². The molecule has 0 rings (SSSR count). The molecule has 0 saturated carbocycles. The molecule has 152 valence electrons. The van der Waals surface area contributed by atoms with Gasteiger partial charge in [-0.3, -0.25) is 9.59 Å². The molecule has 0 bridgehead atoms. The van der Waals surface area contributed by atoms with Crippen LogP contribution in [0.3, 0.4) is 0 Å². The molecule has 0 unspecified atom stereocenters. The second kappa shape index (κ2) is 13.8. The van der Waals surface area contributed by atoms with E-state index < -0.39 is 35.9 Å². The standard InChI is InChI=1S/C17H34N4O4S/c1-11(2)10-14(17(24)25)21-16(23)13(7-9-26-3)20-15(22)12(19)6-4-5-8-18/h11-14H,4-10,18-19H2,1-3H3,(H,20,22)(H,21,23)(H,24,25)/t12-,13-,14-/m0/s1. The molecule has 0 aromatic rings. The highest BCUT2D eigenvalue weighted by atomic mass is 32.2. The molecule has 7 N–H and O–H groups in total. The molecule has 0 aliphatic rings. The number of nitrogens with two attached hydrogens (primary N) is 2. The Balaban J connectivity index is 4.85. The van der Waals surface area contributed by atoms with E-state index >= 15 is 0 Å². The topological polar surface area (TPSA) is 148 Å². The summed E-state index contributed by atoms with van der Waals surface area (Å²) < 4.78 is 0. The van der Waals surface area contributed by atoms with Gasteiger partial charge in [0.05, 0.1) is 6.04 Å². The first kappa shape index (κ1) is 24.7. The van der Waals surface area contributed by atoms with Crippen molar-refractivity contribution in [2.75, 3.05) is 18.6 Å². The van der Waals surface area contributed by atoms with Crippen molar-refractivity contribution in [3.63, 3.8) is 0 Å². The number of amides is 2. The van der Waals surface area contributed by atoms with Crippen molar-refractivity contribution in [1.29, 1.82) is 0 Å². The number of thioether (sulfide) groups is 1. The average molecular weight is 391 g/mol. The van der Waals surface area contributed by atoms with Crippen LogP contribution in [0.4, 0.5) is 0 Å². The minimum absolute atomic E-state index is 0.117. The van der Waals surface area contributed by atoms with Crippen LogP contribution in [0.2, 0.25) is 0 Å². The molecule has 0 spiro atoms. The van der Waals surface area contributed by atoms with E-state index in [1.54, 1.807) is 11.8 Å². The Morgan fingerprint density at radius 1 is 1.04 bits per heavy atom. The molecule has 3 atom stereocenters. The van der Waals surface area contributed by atoms with Crippen molar-refractivity contribution in [3.05, 3.63) is 0 Å². The van der Waals surface area contributed by atoms with Gasteiger partial charge < -0.3 is 27.2 Å². The lowest BCUT2D eigenvalue weighted by Crippen LogP contribution is -2.54. The van der Waals surface area contributed by atoms with Crippen molar-refractivity contribution >= 4 is 29.5 Å². The third kappa shape index (κ3) is 10.6. The van der Waals surface area contributed by atoms with Gasteiger partial charge in [0.25, 0.3) is 0 Å². The molecule has 0 aliphatic heterocycles. The van der Waals surface area contributed by atoms with Crippen LogP contribution in [-0.2, 0) is 14.4 Å². The highest BCUT2D eigenvalue weighted by Crippen LogP contribution is 2.08. The maximum Gasteiger partial charge on any atom is 0.326 e. The highest BCUT2D eigenvalue weighted by Gasteiger charge is 2.28. The van der Waals surface area contributed by atoms with E-state index in [4.69, 9.17) is 11.5 Å². The van der Waals surface area contributed by atoms with Crippen LogP contribution in [0.1, 0.15) is 46.0 Å². The second-order valence-electron chi connectivity index (χ2n) is 6.76. The molecule has 0 saturated heterocycles. The molecule has 8 nitrogen and oxygen atoms in total. The van der Waals surface area contributed by atoms with Crippen molar-refractivity contribution < 1.29 is 19.5 Å². The fraction of sp³-hybridized carbons (Fsp3) is 0.824. The van der Waals surface area contributed by atoms with Crippen LogP contribution in [0.15, 0.2) is 0 Å². The summed E-state index contributed by atoms with van der Waals surface area (Å²) in [7, 11) is 0. The first-order chi connectivity index (χ1) is 12.2. The molecule has 0 aliphatic carbocycles. The minimum atomic E-state index is -1.08. The fourth-order valence-corrected chi connectivity index (χ4v) is 2.86. The third-order valence-corrected chi connectivity index (χ3v) is 4.52. The van der Waals surface area contributed by atoms with E-state index in [0.29, 0.717) is 31.6 Å². The monoisotopic (exact) mass is 390 g/mol. The summed E-state index contributed by atoms with van der Waals surface area (Å²) in [6.07, 6.45) is 4.64. The summed E-state index contributed by atoms with van der Waals surface area (Å²) in [6.45, 7) is 4.31. The van der Waals surface area contributed by atoms with Gasteiger partial charge in [0.15, 0.2) is 0 Å². The lowest BCUT2D eigenvalue weighted by Gasteiger charge is -2.23. The molecular weight excluding hydrogens is 356 g/mol. The number of unbranched alkanes of at least 4 members (excludes halogenated alkanes) is 1. The highest BCUT2D eigenvalue weighted by molar-refractivity contribution is 7.98. The largest absolute Gasteiger partial charge is 0.480 e. The number of carbonyl (C=O) groups excluding carboxylic acids is 2. The van der Waals surface area contributed by atoms with E-state index in [1.165, 1.54) is 0 Å². The molecule has 0 fully saturated rings. The number of carboxylic acid groups (broad SMARTS) is 1. The van der Waals surface area contributed by atoms with Gasteiger partial charge in [-0.05, 0) is 50.2 Å². The average Bonchev–Trinajstić information content (AvgIpc) is 2.57. The predicted molar refractivity (Wildman–Crippen MR) is 105 cm³/mol. The van der Waals surface area contributed by atoms with E-state index in [1.807, 2.05) is 20.1 Å². The van der Waals surface area contributed by atoms with Crippen LogP contribution in [0.5, 0.6) is 0 Å². The maximum atomic E-state index is 12.5. The Bertz CT molecular complexity index is 448. The summed E-state index contributed by atoms with van der Waals surface area (Å²) in [5.41, 5.74) is 11.3. The molecule has 0 radical (unpaired) electrons. The number of carboxylic acids is 1.